The maximum Gasteiger partial charge on any atom is 0.236 e. The van der Waals surface area contributed by atoms with Gasteiger partial charge < -0.3 is 4.74 Å². The Balaban J connectivity index is 1.44. The highest BCUT2D eigenvalue weighted by Crippen LogP contribution is 2.36. The van der Waals surface area contributed by atoms with Gasteiger partial charge in [-0.2, -0.15) is 4.31 Å². The van der Waals surface area contributed by atoms with E-state index in [0.717, 1.165) is 15.8 Å². The quantitative estimate of drug-likeness (QED) is 0.514. The van der Waals surface area contributed by atoms with E-state index in [0.29, 0.717) is 42.6 Å². The zero-order chi connectivity index (χ0) is 23.9. The predicted molar refractivity (Wildman–Crippen MR) is 132 cm³/mol. The SMILES string of the molecule is CC(=O)N1/C(=C/c2nc3ccc(/C=C/S(=O)(=O)N4CCOCC4)cc3s2)C(=O)c2ccccc21. The van der Waals surface area contributed by atoms with Crippen LogP contribution in [0.3, 0.4) is 0 Å². The number of ether oxygens (including phenoxy) is 1. The van der Waals surface area contributed by atoms with Gasteiger partial charge in [0.2, 0.25) is 21.7 Å². The molecule has 2 aliphatic heterocycles. The molecule has 0 saturated carbocycles. The summed E-state index contributed by atoms with van der Waals surface area (Å²) < 4.78 is 32.5. The van der Waals surface area contributed by atoms with E-state index < -0.39 is 10.0 Å². The molecule has 0 aliphatic carbocycles. The Morgan fingerprint density at radius 3 is 2.68 bits per heavy atom. The van der Waals surface area contributed by atoms with Crippen LogP contribution in [-0.4, -0.2) is 55.7 Å². The summed E-state index contributed by atoms with van der Waals surface area (Å²) in [4.78, 5) is 31.2. The molecule has 174 valence electrons. The number of ketones is 1. The molecule has 3 aromatic rings. The number of rotatable bonds is 4. The Kier molecular flexibility index (Phi) is 5.90. The highest BCUT2D eigenvalue weighted by molar-refractivity contribution is 7.92. The fraction of sp³-hybridized carbons (Fsp3) is 0.208. The molecule has 10 heteroatoms. The Labute approximate surface area is 200 Å². The summed E-state index contributed by atoms with van der Waals surface area (Å²) in [5.41, 5.74) is 2.77. The van der Waals surface area contributed by atoms with Gasteiger partial charge in [0.1, 0.15) is 5.01 Å². The molecule has 0 spiro atoms. The minimum Gasteiger partial charge on any atom is -0.379 e. The van der Waals surface area contributed by atoms with E-state index in [4.69, 9.17) is 4.74 Å². The second kappa shape index (κ2) is 8.88. The van der Waals surface area contributed by atoms with Crippen molar-refractivity contribution in [2.24, 2.45) is 0 Å². The van der Waals surface area contributed by atoms with Crippen LogP contribution in [-0.2, 0) is 19.6 Å². The van der Waals surface area contributed by atoms with Crippen LogP contribution in [0, 0.1) is 0 Å². The Hall–Kier alpha value is -3.18. The predicted octanol–water partition coefficient (Wildman–Crippen LogP) is 3.52. The van der Waals surface area contributed by atoms with E-state index in [-0.39, 0.29) is 17.4 Å². The number of hydrogen-bond donors (Lipinski definition) is 0. The average molecular weight is 496 g/mol. The number of nitrogens with zero attached hydrogens (tertiary/aromatic N) is 3. The first-order valence-corrected chi connectivity index (χ1v) is 13.0. The topological polar surface area (TPSA) is 96.9 Å². The molecular formula is C24H21N3O5S2. The fourth-order valence-electron chi connectivity index (χ4n) is 3.99. The number of amides is 1. The van der Waals surface area contributed by atoms with Crippen LogP contribution in [0.5, 0.6) is 0 Å². The van der Waals surface area contributed by atoms with Crippen LogP contribution in [0.4, 0.5) is 5.69 Å². The number of anilines is 1. The van der Waals surface area contributed by atoms with Gasteiger partial charge in [-0.25, -0.2) is 13.4 Å². The standard InChI is InChI=1S/C24H21N3O5S2/c1-16(28)27-20-5-3-2-4-18(20)24(29)21(27)15-23-25-19-7-6-17(14-22(19)33-23)8-13-34(30,31)26-9-11-32-12-10-26/h2-8,13-15H,9-12H2,1H3/b13-8+,21-15+. The summed E-state index contributed by atoms with van der Waals surface area (Å²) in [5, 5.41) is 1.79. The summed E-state index contributed by atoms with van der Waals surface area (Å²) in [5.74, 6) is -0.471. The molecule has 1 saturated heterocycles. The number of para-hydroxylation sites is 1. The van der Waals surface area contributed by atoms with Gasteiger partial charge in [-0.15, -0.1) is 11.3 Å². The lowest BCUT2D eigenvalue weighted by molar-refractivity contribution is -0.116. The molecule has 1 fully saturated rings. The lowest BCUT2D eigenvalue weighted by Gasteiger charge is -2.24. The number of benzene rings is 2. The Bertz CT molecular complexity index is 1470. The van der Waals surface area contributed by atoms with Crippen LogP contribution < -0.4 is 4.90 Å². The first-order valence-electron chi connectivity index (χ1n) is 10.7. The third-order valence-corrected chi connectivity index (χ3v) is 8.16. The number of aromatic nitrogens is 1. The number of thiazole rings is 1. The van der Waals surface area contributed by atoms with Crippen molar-refractivity contribution in [1.29, 1.82) is 0 Å². The molecule has 5 rings (SSSR count). The van der Waals surface area contributed by atoms with Crippen LogP contribution in [0.15, 0.2) is 53.6 Å². The highest BCUT2D eigenvalue weighted by atomic mass is 32.2. The molecule has 3 heterocycles. The molecule has 0 bridgehead atoms. The lowest BCUT2D eigenvalue weighted by Crippen LogP contribution is -2.39. The largest absolute Gasteiger partial charge is 0.379 e. The summed E-state index contributed by atoms with van der Waals surface area (Å²) in [6.07, 6.45) is 3.20. The summed E-state index contributed by atoms with van der Waals surface area (Å²) >= 11 is 1.37. The van der Waals surface area contributed by atoms with Crippen LogP contribution in [0.1, 0.15) is 27.9 Å². The smallest absolute Gasteiger partial charge is 0.236 e. The minimum absolute atomic E-state index is 0.220. The maximum atomic E-state index is 12.9. The molecule has 0 radical (unpaired) electrons. The van der Waals surface area contributed by atoms with Gasteiger partial charge in [0, 0.05) is 37.1 Å². The number of hydrogen-bond acceptors (Lipinski definition) is 7. The molecule has 0 unspecified atom stereocenters. The zero-order valence-corrected chi connectivity index (χ0v) is 19.9. The van der Waals surface area contributed by atoms with Gasteiger partial charge in [-0.3, -0.25) is 14.5 Å². The number of carbonyl (C=O) groups is 2. The van der Waals surface area contributed by atoms with E-state index in [1.165, 1.54) is 32.9 Å². The molecular weight excluding hydrogens is 474 g/mol. The summed E-state index contributed by atoms with van der Waals surface area (Å²) in [6, 6.07) is 12.5. The average Bonchev–Trinajstić information content (AvgIpc) is 3.36. The van der Waals surface area contributed by atoms with Crippen molar-refractivity contribution in [3.63, 3.8) is 0 Å². The van der Waals surface area contributed by atoms with Crippen molar-refractivity contribution < 1.29 is 22.7 Å². The second-order valence-electron chi connectivity index (χ2n) is 7.87. The van der Waals surface area contributed by atoms with Gasteiger partial charge >= 0.3 is 0 Å². The van der Waals surface area contributed by atoms with Crippen LogP contribution >= 0.6 is 11.3 Å². The van der Waals surface area contributed by atoms with Crippen molar-refractivity contribution in [3.8, 4) is 0 Å². The first kappa shape index (κ1) is 22.6. The number of carbonyl (C=O) groups excluding carboxylic acids is 2. The third-order valence-electron chi connectivity index (χ3n) is 5.63. The van der Waals surface area contributed by atoms with Gasteiger partial charge in [-0.1, -0.05) is 18.2 Å². The van der Waals surface area contributed by atoms with Crippen molar-refractivity contribution >= 4 is 61.1 Å². The molecule has 2 aromatic carbocycles. The van der Waals surface area contributed by atoms with E-state index in [1.54, 1.807) is 42.5 Å². The molecule has 2 aliphatic rings. The van der Waals surface area contributed by atoms with Gasteiger partial charge in [0.05, 0.1) is 34.8 Å². The van der Waals surface area contributed by atoms with E-state index in [1.807, 2.05) is 12.1 Å². The van der Waals surface area contributed by atoms with Crippen LogP contribution in [0.25, 0.3) is 22.4 Å². The number of sulfonamides is 1. The van der Waals surface area contributed by atoms with Crippen molar-refractivity contribution in [2.45, 2.75) is 6.92 Å². The van der Waals surface area contributed by atoms with Crippen LogP contribution in [0.2, 0.25) is 0 Å². The van der Waals surface area contributed by atoms with Crippen molar-refractivity contribution in [2.75, 3.05) is 31.2 Å². The lowest BCUT2D eigenvalue weighted by atomic mass is 10.1. The van der Waals surface area contributed by atoms with E-state index in [9.17, 15) is 18.0 Å². The van der Waals surface area contributed by atoms with E-state index in [2.05, 4.69) is 4.98 Å². The summed E-state index contributed by atoms with van der Waals surface area (Å²) in [7, 11) is -3.52. The number of morpholine rings is 1. The van der Waals surface area contributed by atoms with E-state index >= 15 is 0 Å². The molecule has 34 heavy (non-hydrogen) atoms. The molecule has 1 aromatic heterocycles. The summed E-state index contributed by atoms with van der Waals surface area (Å²) in [6.45, 7) is 2.90. The van der Waals surface area contributed by atoms with Gasteiger partial charge in [0.25, 0.3) is 0 Å². The Morgan fingerprint density at radius 1 is 1.15 bits per heavy atom. The maximum absolute atomic E-state index is 12.9. The first-order chi connectivity index (χ1) is 16.3. The van der Waals surface area contributed by atoms with Gasteiger partial charge in [0.15, 0.2) is 0 Å². The number of fused-ring (bicyclic) bond motifs is 2. The molecule has 1 amide bonds. The molecule has 0 atom stereocenters. The van der Waals surface area contributed by atoms with Crippen molar-refractivity contribution in [1.82, 2.24) is 9.29 Å². The third kappa shape index (κ3) is 4.21. The monoisotopic (exact) mass is 495 g/mol. The minimum atomic E-state index is -3.52. The van der Waals surface area contributed by atoms with Gasteiger partial charge in [-0.05, 0) is 35.9 Å². The second-order valence-corrected chi connectivity index (χ2v) is 10.7. The van der Waals surface area contributed by atoms with Crippen molar-refractivity contribution in [3.05, 3.63) is 69.7 Å². The molecule has 8 nitrogen and oxygen atoms in total. The fourth-order valence-corrected chi connectivity index (χ4v) is 6.10. The number of allylic oxidation sites excluding steroid dienone is 1. The number of Topliss-reactive ketones (excluding diaryl/α,β-unsaturated/α-hetero) is 1. The molecule has 0 N–H and O–H groups in total. The normalized spacial score (nSPS) is 18.3. The zero-order valence-electron chi connectivity index (χ0n) is 18.3. The Morgan fingerprint density at radius 2 is 1.91 bits per heavy atom. The highest BCUT2D eigenvalue weighted by Gasteiger charge is 2.34.